The molecule has 0 radical (unpaired) electrons. The van der Waals surface area contributed by atoms with Gasteiger partial charge in [-0.3, -0.25) is 4.72 Å². The molecule has 1 saturated heterocycles. The van der Waals surface area contributed by atoms with Crippen LogP contribution in [-0.2, 0) is 14.8 Å². The van der Waals surface area contributed by atoms with Gasteiger partial charge in [0.25, 0.3) is 10.0 Å². The summed E-state index contributed by atoms with van der Waals surface area (Å²) >= 11 is 5.65. The van der Waals surface area contributed by atoms with E-state index in [1.54, 1.807) is 24.3 Å². The molecule has 0 unspecified atom stereocenters. The topological polar surface area (TPSA) is 64.6 Å². The van der Waals surface area contributed by atoms with Crippen molar-refractivity contribution in [1.82, 2.24) is 0 Å². The molecule has 2 aromatic rings. The summed E-state index contributed by atoms with van der Waals surface area (Å²) in [6, 6.07) is 9.87. The van der Waals surface area contributed by atoms with Gasteiger partial charge in [-0.05, 0) is 43.2 Å². The Morgan fingerprint density at radius 3 is 2.84 bits per heavy atom. The number of anilines is 1. The summed E-state index contributed by atoms with van der Waals surface area (Å²) < 4.78 is 52.1. The van der Waals surface area contributed by atoms with Crippen LogP contribution in [0, 0.1) is 5.82 Å². The first-order valence-corrected chi connectivity index (χ1v) is 9.62. The zero-order chi connectivity index (χ0) is 17.9. The van der Waals surface area contributed by atoms with E-state index in [2.05, 4.69) is 4.72 Å². The van der Waals surface area contributed by atoms with Crippen LogP contribution in [0.4, 0.5) is 10.1 Å². The maximum absolute atomic E-state index is 13.9. The molecule has 25 heavy (non-hydrogen) atoms. The van der Waals surface area contributed by atoms with Gasteiger partial charge in [0.2, 0.25) is 0 Å². The largest absolute Gasteiger partial charge is 0.491 e. The normalized spacial score (nSPS) is 17.4. The molecule has 1 atom stereocenters. The molecule has 1 N–H and O–H groups in total. The van der Waals surface area contributed by atoms with Crippen molar-refractivity contribution < 1.29 is 22.3 Å². The first-order chi connectivity index (χ1) is 11.9. The van der Waals surface area contributed by atoms with Crippen molar-refractivity contribution in [3.63, 3.8) is 0 Å². The van der Waals surface area contributed by atoms with E-state index in [0.717, 1.165) is 31.6 Å². The Hall–Kier alpha value is -1.83. The fourth-order valence-electron chi connectivity index (χ4n) is 2.52. The minimum absolute atomic E-state index is 0.0588. The van der Waals surface area contributed by atoms with E-state index in [1.807, 2.05) is 0 Å². The molecule has 0 saturated carbocycles. The van der Waals surface area contributed by atoms with E-state index >= 15 is 0 Å². The third kappa shape index (κ3) is 4.62. The average molecular weight is 386 g/mol. The van der Waals surface area contributed by atoms with E-state index in [4.69, 9.17) is 21.1 Å². The van der Waals surface area contributed by atoms with Gasteiger partial charge in [-0.15, -0.1) is 0 Å². The first-order valence-electron chi connectivity index (χ1n) is 7.76. The van der Waals surface area contributed by atoms with Crippen molar-refractivity contribution in [2.24, 2.45) is 0 Å². The summed E-state index contributed by atoms with van der Waals surface area (Å²) in [6.07, 6.45) is 2.02. The third-order valence-electron chi connectivity index (χ3n) is 3.73. The van der Waals surface area contributed by atoms with E-state index in [9.17, 15) is 12.8 Å². The molecule has 0 aliphatic carbocycles. The lowest BCUT2D eigenvalue weighted by Gasteiger charge is -2.13. The van der Waals surface area contributed by atoms with Gasteiger partial charge in [-0.1, -0.05) is 17.7 Å². The van der Waals surface area contributed by atoms with E-state index < -0.39 is 20.7 Å². The van der Waals surface area contributed by atoms with Crippen LogP contribution in [0.15, 0.2) is 47.4 Å². The Morgan fingerprint density at radius 2 is 2.12 bits per heavy atom. The van der Waals surface area contributed by atoms with Gasteiger partial charge >= 0.3 is 0 Å². The van der Waals surface area contributed by atoms with E-state index in [1.165, 1.54) is 6.07 Å². The van der Waals surface area contributed by atoms with E-state index in [-0.39, 0.29) is 16.8 Å². The molecule has 5 nitrogen and oxygen atoms in total. The second kappa shape index (κ2) is 7.59. The fourth-order valence-corrected chi connectivity index (χ4v) is 3.79. The van der Waals surface area contributed by atoms with Crippen molar-refractivity contribution in [2.75, 3.05) is 17.9 Å². The first kappa shape index (κ1) is 18.0. The Kier molecular flexibility index (Phi) is 5.46. The molecular weight excluding hydrogens is 369 g/mol. The zero-order valence-electron chi connectivity index (χ0n) is 13.2. The highest BCUT2D eigenvalue weighted by Gasteiger charge is 2.20. The molecule has 1 aliphatic heterocycles. The number of nitrogens with one attached hydrogen (secondary N) is 1. The molecule has 3 rings (SSSR count). The quantitative estimate of drug-likeness (QED) is 0.820. The molecule has 0 bridgehead atoms. The maximum atomic E-state index is 13.9. The van der Waals surface area contributed by atoms with Crippen LogP contribution in [0.25, 0.3) is 0 Å². The maximum Gasteiger partial charge on any atom is 0.264 e. The molecule has 8 heteroatoms. The average Bonchev–Trinajstić information content (AvgIpc) is 3.06. The van der Waals surface area contributed by atoms with Crippen molar-refractivity contribution in [1.29, 1.82) is 0 Å². The third-order valence-corrected chi connectivity index (χ3v) is 5.38. The fraction of sp³-hybridized carbons (Fsp3) is 0.294. The van der Waals surface area contributed by atoms with Crippen LogP contribution in [0.3, 0.4) is 0 Å². The number of rotatable bonds is 6. The molecule has 0 spiro atoms. The summed E-state index contributed by atoms with van der Waals surface area (Å²) in [5, 5.41) is 0.126. The van der Waals surface area contributed by atoms with Crippen LogP contribution in [0.1, 0.15) is 12.8 Å². The second-order valence-electron chi connectivity index (χ2n) is 5.65. The minimum Gasteiger partial charge on any atom is -0.491 e. The van der Waals surface area contributed by atoms with Gasteiger partial charge in [0.1, 0.15) is 23.1 Å². The predicted molar refractivity (Wildman–Crippen MR) is 93.1 cm³/mol. The van der Waals surface area contributed by atoms with Crippen LogP contribution in [0.2, 0.25) is 5.02 Å². The molecule has 1 heterocycles. The van der Waals surface area contributed by atoms with Gasteiger partial charge in [0.05, 0.1) is 11.8 Å². The van der Waals surface area contributed by atoms with Crippen LogP contribution in [0.5, 0.6) is 5.75 Å². The highest BCUT2D eigenvalue weighted by atomic mass is 35.5. The lowest BCUT2D eigenvalue weighted by Crippen LogP contribution is -2.17. The van der Waals surface area contributed by atoms with Crippen LogP contribution < -0.4 is 9.46 Å². The molecular formula is C17H17ClFNO4S. The summed E-state index contributed by atoms with van der Waals surface area (Å²) in [6.45, 7) is 1.14. The summed E-state index contributed by atoms with van der Waals surface area (Å²) in [5.41, 5.74) is 0.277. The Balaban J connectivity index is 1.72. The number of hydrogen-bond donors (Lipinski definition) is 1. The molecule has 2 aromatic carbocycles. The minimum atomic E-state index is -4.07. The lowest BCUT2D eigenvalue weighted by atomic mass is 10.2. The van der Waals surface area contributed by atoms with Crippen LogP contribution >= 0.6 is 11.6 Å². The van der Waals surface area contributed by atoms with Crippen LogP contribution in [-0.4, -0.2) is 27.7 Å². The highest BCUT2D eigenvalue weighted by molar-refractivity contribution is 7.92. The summed E-state index contributed by atoms with van der Waals surface area (Å²) in [5.74, 6) is -0.405. The number of halogens is 2. The van der Waals surface area contributed by atoms with Crippen molar-refractivity contribution in [3.8, 4) is 5.75 Å². The number of benzene rings is 2. The molecule has 1 fully saturated rings. The molecule has 0 aromatic heterocycles. The predicted octanol–water partition coefficient (Wildman–Crippen LogP) is 3.84. The molecule has 1 aliphatic rings. The van der Waals surface area contributed by atoms with E-state index in [0.29, 0.717) is 12.4 Å². The SMILES string of the molecule is O=S(=O)(Nc1cccc(OC[C@@H]2CCCO2)c1)c1ccc(Cl)cc1F. The number of ether oxygens (including phenoxy) is 2. The van der Waals surface area contributed by atoms with Gasteiger partial charge in [-0.2, -0.15) is 0 Å². The monoisotopic (exact) mass is 385 g/mol. The molecule has 134 valence electrons. The van der Waals surface area contributed by atoms with Crippen molar-refractivity contribution in [2.45, 2.75) is 23.8 Å². The van der Waals surface area contributed by atoms with Crippen molar-refractivity contribution in [3.05, 3.63) is 53.3 Å². The summed E-state index contributed by atoms with van der Waals surface area (Å²) in [4.78, 5) is -0.470. The Bertz CT molecular complexity index is 853. The number of sulfonamides is 1. The zero-order valence-corrected chi connectivity index (χ0v) is 14.8. The highest BCUT2D eigenvalue weighted by Crippen LogP contribution is 2.24. The van der Waals surface area contributed by atoms with Crippen molar-refractivity contribution >= 4 is 27.3 Å². The number of hydrogen-bond acceptors (Lipinski definition) is 4. The Labute approximate surface area is 150 Å². The van der Waals surface area contributed by atoms with Gasteiger partial charge < -0.3 is 9.47 Å². The smallest absolute Gasteiger partial charge is 0.264 e. The Morgan fingerprint density at radius 1 is 1.28 bits per heavy atom. The summed E-state index contributed by atoms with van der Waals surface area (Å²) in [7, 11) is -4.07. The van der Waals surface area contributed by atoms with Gasteiger partial charge in [0, 0.05) is 17.7 Å². The lowest BCUT2D eigenvalue weighted by molar-refractivity contribution is 0.0680. The van der Waals surface area contributed by atoms with Gasteiger partial charge in [0.15, 0.2) is 0 Å². The molecule has 0 amide bonds. The van der Waals surface area contributed by atoms with Gasteiger partial charge in [-0.25, -0.2) is 12.8 Å². The second-order valence-corrected chi connectivity index (χ2v) is 7.74. The standard InChI is InChI=1S/C17H17ClFNO4S/c18-12-6-7-17(16(19)9-12)25(21,22)20-13-3-1-4-14(10-13)24-11-15-5-2-8-23-15/h1,3-4,6-7,9-10,15,20H,2,5,8,11H2/t15-/m0/s1.